The van der Waals surface area contributed by atoms with Crippen LogP contribution in [0.15, 0.2) is 48.5 Å². The van der Waals surface area contributed by atoms with Crippen molar-refractivity contribution in [3.8, 4) is 16.9 Å². The molecule has 0 atom stereocenters. The van der Waals surface area contributed by atoms with Crippen LogP contribution in [0.5, 0.6) is 5.75 Å². The normalized spacial score (nSPS) is 11.7. The summed E-state index contributed by atoms with van der Waals surface area (Å²) in [6, 6.07) is 15.3. The summed E-state index contributed by atoms with van der Waals surface area (Å²) in [5, 5.41) is 10.9. The van der Waals surface area contributed by atoms with Gasteiger partial charge in [0.25, 0.3) is 0 Å². The van der Waals surface area contributed by atoms with Crippen LogP contribution in [0.25, 0.3) is 22.0 Å². The van der Waals surface area contributed by atoms with Crippen molar-refractivity contribution in [2.75, 3.05) is 7.11 Å². The highest BCUT2D eigenvalue weighted by Gasteiger charge is 2.28. The smallest absolute Gasteiger partial charge is 0.353 e. The van der Waals surface area contributed by atoms with E-state index in [1.165, 1.54) is 0 Å². The highest BCUT2D eigenvalue weighted by atomic mass is 16.5. The average Bonchev–Trinajstić information content (AvgIpc) is 2.90. The van der Waals surface area contributed by atoms with E-state index in [0.29, 0.717) is 5.69 Å². The Morgan fingerprint density at radius 3 is 2.21 bits per heavy atom. The molecule has 0 saturated heterocycles. The van der Waals surface area contributed by atoms with Crippen molar-refractivity contribution in [3.05, 3.63) is 54.2 Å². The molecule has 1 heterocycles. The van der Waals surface area contributed by atoms with E-state index in [1.807, 2.05) is 73.9 Å². The van der Waals surface area contributed by atoms with E-state index < -0.39 is 5.97 Å². The third-order valence-corrected chi connectivity index (χ3v) is 4.13. The predicted molar refractivity (Wildman–Crippen MR) is 95.9 cm³/mol. The van der Waals surface area contributed by atoms with Crippen molar-refractivity contribution in [2.24, 2.45) is 0 Å². The third kappa shape index (κ3) is 2.54. The van der Waals surface area contributed by atoms with Gasteiger partial charge in [0.15, 0.2) is 0 Å². The van der Waals surface area contributed by atoms with Gasteiger partial charge in [-0.2, -0.15) is 0 Å². The fourth-order valence-electron chi connectivity index (χ4n) is 3.19. The van der Waals surface area contributed by atoms with E-state index in [1.54, 1.807) is 7.11 Å². The summed E-state index contributed by atoms with van der Waals surface area (Å²) in [6.07, 6.45) is 0. The standard InChI is InChI=1S/C20H21NO3/c1-20(2,3)21-16-8-6-5-7-15(16)17(18(21)19(22)23)13-9-11-14(24-4)12-10-13/h5-12H,1-4H3,(H,22,23). The Bertz CT molecular complexity index is 899. The van der Waals surface area contributed by atoms with Gasteiger partial charge in [-0.25, -0.2) is 4.79 Å². The molecule has 4 heteroatoms. The van der Waals surface area contributed by atoms with Crippen LogP contribution in [-0.4, -0.2) is 22.8 Å². The number of rotatable bonds is 3. The monoisotopic (exact) mass is 323 g/mol. The van der Waals surface area contributed by atoms with Crippen LogP contribution in [0, 0.1) is 0 Å². The quantitative estimate of drug-likeness (QED) is 0.755. The number of aromatic nitrogens is 1. The fourth-order valence-corrected chi connectivity index (χ4v) is 3.19. The molecule has 0 aliphatic rings. The van der Waals surface area contributed by atoms with Gasteiger partial charge in [-0.3, -0.25) is 0 Å². The molecule has 0 amide bonds. The molecule has 0 spiro atoms. The Labute approximate surface area is 141 Å². The number of carboxylic acid groups (broad SMARTS) is 1. The Kier molecular flexibility index (Phi) is 3.84. The highest BCUT2D eigenvalue weighted by molar-refractivity contribution is 6.08. The number of fused-ring (bicyclic) bond motifs is 1. The van der Waals surface area contributed by atoms with Crippen molar-refractivity contribution in [1.29, 1.82) is 0 Å². The van der Waals surface area contributed by atoms with Crippen molar-refractivity contribution < 1.29 is 14.6 Å². The van der Waals surface area contributed by atoms with E-state index in [2.05, 4.69) is 0 Å². The topological polar surface area (TPSA) is 51.5 Å². The second-order valence-electron chi connectivity index (χ2n) is 6.78. The maximum atomic E-state index is 12.1. The minimum Gasteiger partial charge on any atom is -0.497 e. The Morgan fingerprint density at radius 2 is 1.67 bits per heavy atom. The Balaban J connectivity index is 2.42. The van der Waals surface area contributed by atoms with Gasteiger partial charge in [0.1, 0.15) is 11.4 Å². The number of nitrogens with zero attached hydrogens (tertiary/aromatic N) is 1. The maximum absolute atomic E-state index is 12.1. The van der Waals surface area contributed by atoms with Gasteiger partial charge in [-0.15, -0.1) is 0 Å². The summed E-state index contributed by atoms with van der Waals surface area (Å²) in [7, 11) is 1.61. The molecule has 0 unspecified atom stereocenters. The molecule has 24 heavy (non-hydrogen) atoms. The molecule has 0 aliphatic heterocycles. The Hall–Kier alpha value is -2.75. The summed E-state index contributed by atoms with van der Waals surface area (Å²) in [4.78, 5) is 12.1. The van der Waals surface area contributed by atoms with Crippen LogP contribution in [0.3, 0.4) is 0 Å². The lowest BCUT2D eigenvalue weighted by atomic mass is 10.0. The molecule has 124 valence electrons. The lowest BCUT2D eigenvalue weighted by molar-refractivity contribution is 0.0680. The van der Waals surface area contributed by atoms with Gasteiger partial charge in [0.05, 0.1) is 7.11 Å². The largest absolute Gasteiger partial charge is 0.497 e. The molecule has 0 fully saturated rings. The first-order valence-electron chi connectivity index (χ1n) is 7.86. The summed E-state index contributed by atoms with van der Waals surface area (Å²) in [5.41, 5.74) is 2.50. The first-order valence-corrected chi connectivity index (χ1v) is 7.86. The van der Waals surface area contributed by atoms with Crippen molar-refractivity contribution in [1.82, 2.24) is 4.57 Å². The molecule has 1 aromatic heterocycles. The molecular weight excluding hydrogens is 302 g/mol. The lowest BCUT2D eigenvalue weighted by Gasteiger charge is -2.24. The van der Waals surface area contributed by atoms with E-state index >= 15 is 0 Å². The van der Waals surface area contributed by atoms with E-state index in [9.17, 15) is 9.90 Å². The number of hydrogen-bond donors (Lipinski definition) is 1. The van der Waals surface area contributed by atoms with Gasteiger partial charge in [-0.1, -0.05) is 30.3 Å². The molecule has 2 aromatic carbocycles. The van der Waals surface area contributed by atoms with Crippen LogP contribution in [0.2, 0.25) is 0 Å². The highest BCUT2D eigenvalue weighted by Crippen LogP contribution is 2.38. The van der Waals surface area contributed by atoms with E-state index in [-0.39, 0.29) is 5.54 Å². The molecule has 3 aromatic rings. The number of benzene rings is 2. The lowest BCUT2D eigenvalue weighted by Crippen LogP contribution is -2.25. The zero-order valence-electron chi connectivity index (χ0n) is 14.3. The number of hydrogen-bond acceptors (Lipinski definition) is 2. The molecule has 0 radical (unpaired) electrons. The van der Waals surface area contributed by atoms with Crippen LogP contribution < -0.4 is 4.74 Å². The second-order valence-corrected chi connectivity index (χ2v) is 6.78. The first kappa shape index (κ1) is 16.1. The minimum atomic E-state index is -0.924. The van der Waals surface area contributed by atoms with Crippen LogP contribution in [0.1, 0.15) is 31.3 Å². The van der Waals surface area contributed by atoms with Gasteiger partial charge in [-0.05, 0) is 44.5 Å². The minimum absolute atomic E-state index is 0.314. The fraction of sp³-hybridized carbons (Fsp3) is 0.250. The molecule has 0 saturated carbocycles. The average molecular weight is 323 g/mol. The molecular formula is C20H21NO3. The summed E-state index contributed by atoms with van der Waals surface area (Å²) >= 11 is 0. The van der Waals surface area contributed by atoms with E-state index in [0.717, 1.165) is 27.8 Å². The number of carbonyl (C=O) groups is 1. The zero-order chi connectivity index (χ0) is 17.5. The van der Waals surface area contributed by atoms with Gasteiger partial charge in [0, 0.05) is 22.0 Å². The Morgan fingerprint density at radius 1 is 1.04 bits per heavy atom. The molecule has 1 N–H and O–H groups in total. The van der Waals surface area contributed by atoms with Gasteiger partial charge >= 0.3 is 5.97 Å². The van der Waals surface area contributed by atoms with E-state index in [4.69, 9.17) is 4.74 Å². The number of carboxylic acids is 1. The maximum Gasteiger partial charge on any atom is 0.353 e. The molecule has 3 rings (SSSR count). The number of ether oxygens (including phenoxy) is 1. The zero-order valence-corrected chi connectivity index (χ0v) is 14.3. The second kappa shape index (κ2) is 5.71. The third-order valence-electron chi connectivity index (χ3n) is 4.13. The van der Waals surface area contributed by atoms with Crippen LogP contribution in [-0.2, 0) is 5.54 Å². The summed E-state index contributed by atoms with van der Waals surface area (Å²) in [6.45, 7) is 6.05. The van der Waals surface area contributed by atoms with Gasteiger partial charge in [0.2, 0.25) is 0 Å². The van der Waals surface area contributed by atoms with Gasteiger partial charge < -0.3 is 14.4 Å². The number of methoxy groups -OCH3 is 1. The van der Waals surface area contributed by atoms with Crippen molar-refractivity contribution in [3.63, 3.8) is 0 Å². The van der Waals surface area contributed by atoms with Crippen molar-refractivity contribution >= 4 is 16.9 Å². The van der Waals surface area contributed by atoms with Crippen LogP contribution in [0.4, 0.5) is 0 Å². The molecule has 0 bridgehead atoms. The van der Waals surface area contributed by atoms with Crippen LogP contribution >= 0.6 is 0 Å². The predicted octanol–water partition coefficient (Wildman–Crippen LogP) is 4.77. The van der Waals surface area contributed by atoms with Crippen molar-refractivity contribution in [2.45, 2.75) is 26.3 Å². The molecule has 0 aliphatic carbocycles. The first-order chi connectivity index (χ1) is 11.3. The molecule has 4 nitrogen and oxygen atoms in total. The summed E-state index contributed by atoms with van der Waals surface area (Å²) < 4.78 is 7.12. The summed E-state index contributed by atoms with van der Waals surface area (Å²) in [5.74, 6) is -0.179. The SMILES string of the molecule is COc1ccc(-c2c(C(=O)O)n(C(C)(C)C)c3ccccc23)cc1. The number of aromatic carboxylic acids is 1. The number of para-hydroxylation sites is 1.